The van der Waals surface area contributed by atoms with Gasteiger partial charge in [-0.25, -0.2) is 0 Å². The molecule has 1 fully saturated rings. The van der Waals surface area contributed by atoms with Crippen molar-refractivity contribution in [2.75, 3.05) is 44.7 Å². The van der Waals surface area contributed by atoms with Crippen LogP contribution in [0.3, 0.4) is 0 Å². The van der Waals surface area contributed by atoms with E-state index < -0.39 is 0 Å². The van der Waals surface area contributed by atoms with Crippen LogP contribution in [0.15, 0.2) is 65.1 Å². The first-order valence-electron chi connectivity index (χ1n) is 14.2. The van der Waals surface area contributed by atoms with E-state index >= 15 is 0 Å². The molecule has 1 aliphatic heterocycles. The summed E-state index contributed by atoms with van der Waals surface area (Å²) >= 11 is 0. The summed E-state index contributed by atoms with van der Waals surface area (Å²) in [7, 11) is 0. The molecule has 8 heteroatoms. The van der Waals surface area contributed by atoms with Crippen LogP contribution >= 0.6 is 0 Å². The van der Waals surface area contributed by atoms with Gasteiger partial charge in [-0.05, 0) is 98.3 Å². The van der Waals surface area contributed by atoms with E-state index in [0.717, 1.165) is 64.4 Å². The highest BCUT2D eigenvalue weighted by Gasteiger charge is 2.17. The van der Waals surface area contributed by atoms with E-state index in [0.29, 0.717) is 25.0 Å². The zero-order chi connectivity index (χ0) is 27.7. The Morgan fingerprint density at radius 3 is 2.50 bits per heavy atom. The number of aliphatic hydroxyl groups is 1. The van der Waals surface area contributed by atoms with Crippen LogP contribution in [0.4, 0.5) is 11.7 Å². The van der Waals surface area contributed by atoms with Gasteiger partial charge in [0.1, 0.15) is 5.75 Å². The monoisotopic (exact) mass is 541 g/mol. The second-order valence-electron chi connectivity index (χ2n) is 10.3. The van der Waals surface area contributed by atoms with Gasteiger partial charge in [-0.2, -0.15) is 0 Å². The second-order valence-corrected chi connectivity index (χ2v) is 10.3. The summed E-state index contributed by atoms with van der Waals surface area (Å²) in [5.74, 6) is 1.40. The summed E-state index contributed by atoms with van der Waals surface area (Å²) in [6, 6.07) is 20.7. The van der Waals surface area contributed by atoms with Gasteiger partial charge >= 0.3 is 6.01 Å². The summed E-state index contributed by atoms with van der Waals surface area (Å²) in [5, 5.41) is 23.9. The van der Waals surface area contributed by atoms with Gasteiger partial charge in [0.2, 0.25) is 5.89 Å². The lowest BCUT2D eigenvalue weighted by Crippen LogP contribution is -2.22. The molecule has 0 atom stereocenters. The fraction of sp³-hybridized carbons (Fsp3) is 0.375. The molecule has 0 bridgehead atoms. The predicted molar refractivity (Wildman–Crippen MR) is 159 cm³/mol. The van der Waals surface area contributed by atoms with Crippen LogP contribution < -0.4 is 15.4 Å². The minimum Gasteiger partial charge on any atom is -0.493 e. The Bertz CT molecular complexity index is 1400. The van der Waals surface area contributed by atoms with Crippen molar-refractivity contribution < 1.29 is 14.3 Å². The molecule has 210 valence electrons. The summed E-state index contributed by atoms with van der Waals surface area (Å²) in [4.78, 5) is 2.52. The number of benzene rings is 3. The standard InChI is InChI=1S/C32H39N5O3/c1-23-27(28-12-7-14-30(24(28)2)39-20-8-18-37-16-3-4-17-37)11-6-13-29(23)31-35-36-32(40-31)34-26-10-5-9-25(21-26)22-33-15-19-38/h5-7,9-14,21,33,38H,3-4,8,15-20,22H2,1-2H3,(H,34,36). The molecular weight excluding hydrogens is 502 g/mol. The highest BCUT2D eigenvalue weighted by Crippen LogP contribution is 2.36. The van der Waals surface area contributed by atoms with Crippen LogP contribution in [0.25, 0.3) is 22.6 Å². The maximum atomic E-state index is 8.98. The van der Waals surface area contributed by atoms with Gasteiger partial charge < -0.3 is 29.8 Å². The Morgan fingerprint density at radius 1 is 0.925 bits per heavy atom. The number of nitrogens with zero attached hydrogens (tertiary/aromatic N) is 3. The van der Waals surface area contributed by atoms with E-state index in [2.05, 4.69) is 63.8 Å². The maximum Gasteiger partial charge on any atom is 0.320 e. The third-order valence-electron chi connectivity index (χ3n) is 7.43. The maximum absolute atomic E-state index is 8.98. The number of nitrogens with one attached hydrogen (secondary N) is 2. The normalized spacial score (nSPS) is 13.6. The highest BCUT2D eigenvalue weighted by atomic mass is 16.5. The average Bonchev–Trinajstić information content (AvgIpc) is 3.65. The lowest BCUT2D eigenvalue weighted by Gasteiger charge is -2.17. The first-order valence-corrected chi connectivity index (χ1v) is 14.2. The van der Waals surface area contributed by atoms with Gasteiger partial charge in [-0.15, -0.1) is 5.10 Å². The van der Waals surface area contributed by atoms with Crippen LogP contribution in [0.2, 0.25) is 0 Å². The molecule has 3 aromatic carbocycles. The molecule has 1 saturated heterocycles. The molecule has 3 N–H and O–H groups in total. The number of aromatic nitrogens is 2. The Kier molecular flexibility index (Phi) is 9.44. The number of ether oxygens (including phenoxy) is 1. The highest BCUT2D eigenvalue weighted by molar-refractivity contribution is 5.78. The molecule has 0 amide bonds. The third kappa shape index (κ3) is 6.88. The molecule has 40 heavy (non-hydrogen) atoms. The van der Waals surface area contributed by atoms with Crippen LogP contribution in [-0.4, -0.2) is 59.6 Å². The predicted octanol–water partition coefficient (Wildman–Crippen LogP) is 5.71. The second kappa shape index (κ2) is 13.6. The molecule has 1 aliphatic rings. The summed E-state index contributed by atoms with van der Waals surface area (Å²) in [6.45, 7) is 9.82. The van der Waals surface area contributed by atoms with Crippen molar-refractivity contribution in [3.63, 3.8) is 0 Å². The molecule has 4 aromatic rings. The molecule has 0 radical (unpaired) electrons. The molecule has 5 rings (SSSR count). The van der Waals surface area contributed by atoms with Crippen LogP contribution in [0.1, 0.15) is 36.0 Å². The molecular formula is C32H39N5O3. The lowest BCUT2D eigenvalue weighted by atomic mass is 9.93. The molecule has 2 heterocycles. The van der Waals surface area contributed by atoms with E-state index in [-0.39, 0.29) is 6.61 Å². The smallest absolute Gasteiger partial charge is 0.320 e. The molecule has 0 spiro atoms. The Labute approximate surface area is 236 Å². The topological polar surface area (TPSA) is 95.7 Å². The zero-order valence-electron chi connectivity index (χ0n) is 23.4. The summed E-state index contributed by atoms with van der Waals surface area (Å²) < 4.78 is 12.3. The van der Waals surface area contributed by atoms with E-state index in [9.17, 15) is 0 Å². The van der Waals surface area contributed by atoms with E-state index in [1.54, 1.807) is 0 Å². The number of rotatable bonds is 13. The summed E-state index contributed by atoms with van der Waals surface area (Å²) in [5.41, 5.74) is 7.31. The van der Waals surface area contributed by atoms with Gasteiger partial charge in [-0.1, -0.05) is 41.5 Å². The van der Waals surface area contributed by atoms with E-state index in [4.69, 9.17) is 14.3 Å². The largest absolute Gasteiger partial charge is 0.493 e. The average molecular weight is 542 g/mol. The van der Waals surface area contributed by atoms with Crippen molar-refractivity contribution in [2.24, 2.45) is 0 Å². The molecule has 0 unspecified atom stereocenters. The number of aliphatic hydroxyl groups excluding tert-OH is 1. The van der Waals surface area contributed by atoms with Gasteiger partial charge in [0.05, 0.1) is 13.2 Å². The third-order valence-corrected chi connectivity index (χ3v) is 7.43. The Balaban J connectivity index is 1.28. The number of hydrogen-bond donors (Lipinski definition) is 3. The first kappa shape index (κ1) is 27.8. The van der Waals surface area contributed by atoms with Gasteiger partial charge in [0.25, 0.3) is 0 Å². The molecule has 8 nitrogen and oxygen atoms in total. The fourth-order valence-electron chi connectivity index (χ4n) is 5.28. The zero-order valence-corrected chi connectivity index (χ0v) is 23.4. The lowest BCUT2D eigenvalue weighted by molar-refractivity contribution is 0.262. The van der Waals surface area contributed by atoms with Gasteiger partial charge in [0, 0.05) is 30.9 Å². The molecule has 0 saturated carbocycles. The quantitative estimate of drug-likeness (QED) is 0.185. The number of likely N-dealkylation sites (tertiary alicyclic amines) is 1. The van der Waals surface area contributed by atoms with Gasteiger partial charge in [0.15, 0.2) is 0 Å². The van der Waals surface area contributed by atoms with Crippen LogP contribution in [0, 0.1) is 13.8 Å². The van der Waals surface area contributed by atoms with E-state index in [1.807, 2.05) is 36.4 Å². The van der Waals surface area contributed by atoms with Crippen molar-refractivity contribution in [3.8, 4) is 28.3 Å². The van der Waals surface area contributed by atoms with Crippen molar-refractivity contribution in [3.05, 3.63) is 77.4 Å². The van der Waals surface area contributed by atoms with Crippen LogP contribution in [0.5, 0.6) is 5.75 Å². The minimum atomic E-state index is 0.112. The van der Waals surface area contributed by atoms with Crippen LogP contribution in [-0.2, 0) is 6.54 Å². The van der Waals surface area contributed by atoms with Crippen molar-refractivity contribution in [2.45, 2.75) is 39.7 Å². The SMILES string of the molecule is Cc1c(OCCCN2CCCC2)cccc1-c1cccc(-c2nnc(Nc3cccc(CNCCO)c3)o2)c1C. The minimum absolute atomic E-state index is 0.112. The first-order chi connectivity index (χ1) is 19.6. The molecule has 1 aromatic heterocycles. The number of anilines is 2. The van der Waals surface area contributed by atoms with Crippen molar-refractivity contribution in [1.82, 2.24) is 20.4 Å². The van der Waals surface area contributed by atoms with Gasteiger partial charge in [-0.3, -0.25) is 0 Å². The molecule has 0 aliphatic carbocycles. The Hall–Kier alpha value is -3.72. The van der Waals surface area contributed by atoms with Crippen molar-refractivity contribution in [1.29, 1.82) is 0 Å². The van der Waals surface area contributed by atoms with E-state index in [1.165, 1.54) is 25.9 Å². The summed E-state index contributed by atoms with van der Waals surface area (Å²) in [6.07, 6.45) is 3.68. The van der Waals surface area contributed by atoms with Crippen molar-refractivity contribution >= 4 is 11.7 Å². The Morgan fingerprint density at radius 2 is 1.68 bits per heavy atom. The number of hydrogen-bond acceptors (Lipinski definition) is 8. The fourth-order valence-corrected chi connectivity index (χ4v) is 5.28.